The van der Waals surface area contributed by atoms with Crippen molar-refractivity contribution in [1.82, 2.24) is 24.7 Å². The summed E-state index contributed by atoms with van der Waals surface area (Å²) in [5.74, 6) is -0.0743. The Morgan fingerprint density at radius 3 is 2.59 bits per heavy atom. The molecule has 27 heavy (non-hydrogen) atoms. The molecule has 0 atom stereocenters. The van der Waals surface area contributed by atoms with Crippen LogP contribution in [0.1, 0.15) is 15.5 Å². The van der Waals surface area contributed by atoms with Gasteiger partial charge in [-0.05, 0) is 24.3 Å². The molecule has 0 aliphatic heterocycles. The highest BCUT2D eigenvalue weighted by atomic mass is 32.2. The van der Waals surface area contributed by atoms with Crippen LogP contribution in [-0.4, -0.2) is 30.7 Å². The Kier molecular flexibility index (Phi) is 4.95. The lowest BCUT2D eigenvalue weighted by Crippen LogP contribution is -2.22. The van der Waals surface area contributed by atoms with E-state index in [1.807, 2.05) is 47.0 Å². The average Bonchev–Trinajstić information content (AvgIpc) is 3.35. The van der Waals surface area contributed by atoms with Gasteiger partial charge in [-0.2, -0.15) is 0 Å². The summed E-state index contributed by atoms with van der Waals surface area (Å²) < 4.78 is 1.97. The predicted molar refractivity (Wildman–Crippen MR) is 101 cm³/mol. The van der Waals surface area contributed by atoms with Crippen molar-refractivity contribution in [2.24, 2.45) is 0 Å². The number of benzene rings is 1. The quantitative estimate of drug-likeness (QED) is 0.463. The van der Waals surface area contributed by atoms with E-state index in [0.29, 0.717) is 21.7 Å². The van der Waals surface area contributed by atoms with Crippen LogP contribution in [0.4, 0.5) is 0 Å². The summed E-state index contributed by atoms with van der Waals surface area (Å²) in [6, 6.07) is 13.6. The number of hydrogen-bond acceptors (Lipinski definition) is 8. The lowest BCUT2D eigenvalue weighted by atomic mass is 10.2. The number of carboxylic acid groups (broad SMARTS) is 1. The maximum atomic E-state index is 10.9. The van der Waals surface area contributed by atoms with Crippen LogP contribution in [0.15, 0.2) is 65.4 Å². The van der Waals surface area contributed by atoms with Gasteiger partial charge in [-0.15, -0.1) is 21.5 Å². The van der Waals surface area contributed by atoms with Crippen molar-refractivity contribution in [2.75, 3.05) is 0 Å². The molecule has 4 rings (SSSR count). The Balaban J connectivity index is 1.68. The van der Waals surface area contributed by atoms with Crippen molar-refractivity contribution in [3.8, 4) is 17.1 Å². The van der Waals surface area contributed by atoms with E-state index in [1.165, 1.54) is 28.5 Å². The topological polar surface area (TPSA) is 96.6 Å². The number of carbonyl (C=O) groups is 1. The molecule has 0 aliphatic carbocycles. The number of pyridine rings is 1. The number of hydrogen-bond donors (Lipinski definition) is 0. The zero-order chi connectivity index (χ0) is 18.6. The minimum atomic E-state index is -1.27. The summed E-state index contributed by atoms with van der Waals surface area (Å²) in [6.45, 7) is 0. The van der Waals surface area contributed by atoms with E-state index in [4.69, 9.17) is 0 Å². The number of rotatable bonds is 6. The van der Waals surface area contributed by atoms with Crippen LogP contribution >= 0.6 is 23.1 Å². The van der Waals surface area contributed by atoms with Crippen LogP contribution in [0, 0.1) is 0 Å². The smallest absolute Gasteiger partial charge is 0.196 e. The molecule has 0 bridgehead atoms. The Morgan fingerprint density at radius 1 is 1.11 bits per heavy atom. The maximum Gasteiger partial charge on any atom is 0.196 e. The highest BCUT2D eigenvalue weighted by Gasteiger charge is 2.16. The van der Waals surface area contributed by atoms with Crippen LogP contribution < -0.4 is 5.11 Å². The molecule has 0 amide bonds. The van der Waals surface area contributed by atoms with Crippen molar-refractivity contribution in [3.05, 3.63) is 70.9 Å². The number of nitrogens with zero attached hydrogens (tertiary/aromatic N) is 5. The van der Waals surface area contributed by atoms with Crippen molar-refractivity contribution in [2.45, 2.75) is 10.9 Å². The fourth-order valence-corrected chi connectivity index (χ4v) is 4.19. The van der Waals surface area contributed by atoms with Gasteiger partial charge >= 0.3 is 0 Å². The maximum absolute atomic E-state index is 10.9. The molecule has 1 aromatic carbocycles. The third kappa shape index (κ3) is 3.74. The normalized spacial score (nSPS) is 10.8. The van der Waals surface area contributed by atoms with E-state index in [2.05, 4.69) is 20.2 Å². The van der Waals surface area contributed by atoms with Gasteiger partial charge in [0.05, 0.1) is 17.4 Å². The van der Waals surface area contributed by atoms with Gasteiger partial charge in [0.2, 0.25) is 0 Å². The molecule has 0 unspecified atom stereocenters. The SMILES string of the molecule is O=C([O-])c1csc(CSc2nnc(-c3ccncc3)n2-c2ccccc2)n1. The molecule has 4 aromatic rings. The van der Waals surface area contributed by atoms with Gasteiger partial charge in [-0.3, -0.25) is 9.55 Å². The van der Waals surface area contributed by atoms with E-state index in [9.17, 15) is 9.90 Å². The van der Waals surface area contributed by atoms with Crippen LogP contribution in [0.3, 0.4) is 0 Å². The highest BCUT2D eigenvalue weighted by Crippen LogP contribution is 2.30. The summed E-state index contributed by atoms with van der Waals surface area (Å²) >= 11 is 2.73. The van der Waals surface area contributed by atoms with Crippen LogP contribution in [0.25, 0.3) is 17.1 Å². The predicted octanol–water partition coefficient (Wildman–Crippen LogP) is 2.44. The van der Waals surface area contributed by atoms with E-state index in [1.54, 1.807) is 12.4 Å². The molecule has 134 valence electrons. The van der Waals surface area contributed by atoms with Gasteiger partial charge < -0.3 is 9.90 Å². The molecular formula is C18H12N5O2S2-. The van der Waals surface area contributed by atoms with Gasteiger partial charge in [0, 0.05) is 29.0 Å². The molecule has 7 nitrogen and oxygen atoms in total. The zero-order valence-corrected chi connectivity index (χ0v) is 15.5. The number of carboxylic acids is 1. The van der Waals surface area contributed by atoms with Crippen LogP contribution in [0.5, 0.6) is 0 Å². The number of aromatic nitrogens is 5. The second-order valence-corrected chi connectivity index (χ2v) is 7.30. The van der Waals surface area contributed by atoms with Gasteiger partial charge in [0.25, 0.3) is 0 Å². The van der Waals surface area contributed by atoms with E-state index < -0.39 is 5.97 Å². The first-order valence-electron chi connectivity index (χ1n) is 7.92. The minimum absolute atomic E-state index is 0.0439. The van der Waals surface area contributed by atoms with Crippen molar-refractivity contribution in [3.63, 3.8) is 0 Å². The Labute approximate surface area is 162 Å². The first-order valence-corrected chi connectivity index (χ1v) is 9.78. The number of aromatic carboxylic acids is 1. The number of thiazole rings is 1. The van der Waals surface area contributed by atoms with E-state index in [0.717, 1.165) is 11.3 Å². The van der Waals surface area contributed by atoms with Gasteiger partial charge in [-0.1, -0.05) is 30.0 Å². The first-order chi connectivity index (χ1) is 13.2. The van der Waals surface area contributed by atoms with Crippen LogP contribution in [-0.2, 0) is 5.75 Å². The average molecular weight is 394 g/mol. The third-order valence-corrected chi connectivity index (χ3v) is 5.64. The second kappa shape index (κ2) is 7.68. The fraction of sp³-hybridized carbons (Fsp3) is 0.0556. The van der Waals surface area contributed by atoms with Gasteiger partial charge in [0.15, 0.2) is 11.0 Å². The Hall–Kier alpha value is -3.04. The molecule has 0 spiro atoms. The zero-order valence-electron chi connectivity index (χ0n) is 13.8. The molecule has 3 heterocycles. The molecule has 3 aromatic heterocycles. The minimum Gasteiger partial charge on any atom is -0.543 e. The second-order valence-electron chi connectivity index (χ2n) is 5.42. The summed E-state index contributed by atoms with van der Waals surface area (Å²) in [5.41, 5.74) is 1.80. The summed E-state index contributed by atoms with van der Waals surface area (Å²) in [4.78, 5) is 19.0. The number of para-hydroxylation sites is 1. The van der Waals surface area contributed by atoms with E-state index in [-0.39, 0.29) is 5.69 Å². The molecule has 0 aliphatic rings. The summed E-state index contributed by atoms with van der Waals surface area (Å²) in [5, 5.41) is 22.4. The van der Waals surface area contributed by atoms with Gasteiger partial charge in [-0.25, -0.2) is 4.98 Å². The molecule has 9 heteroatoms. The Bertz CT molecular complexity index is 1060. The highest BCUT2D eigenvalue weighted by molar-refractivity contribution is 7.98. The number of carbonyl (C=O) groups excluding carboxylic acids is 1. The monoisotopic (exact) mass is 394 g/mol. The van der Waals surface area contributed by atoms with Gasteiger partial charge in [0.1, 0.15) is 5.01 Å². The van der Waals surface area contributed by atoms with E-state index >= 15 is 0 Å². The summed E-state index contributed by atoms with van der Waals surface area (Å²) in [6.07, 6.45) is 3.42. The number of thioether (sulfide) groups is 1. The molecule has 0 saturated carbocycles. The fourth-order valence-electron chi connectivity index (χ4n) is 2.46. The molecule has 0 radical (unpaired) electrons. The van der Waals surface area contributed by atoms with Crippen molar-refractivity contribution >= 4 is 29.1 Å². The largest absolute Gasteiger partial charge is 0.543 e. The first kappa shape index (κ1) is 17.4. The molecular weight excluding hydrogens is 382 g/mol. The van der Waals surface area contributed by atoms with Crippen molar-refractivity contribution < 1.29 is 9.90 Å². The lowest BCUT2D eigenvalue weighted by Gasteiger charge is -2.09. The van der Waals surface area contributed by atoms with Crippen LogP contribution in [0.2, 0.25) is 0 Å². The third-order valence-electron chi connectivity index (χ3n) is 3.67. The molecule has 0 N–H and O–H groups in total. The van der Waals surface area contributed by atoms with Crippen molar-refractivity contribution in [1.29, 1.82) is 0 Å². The Morgan fingerprint density at radius 2 is 1.89 bits per heavy atom. The lowest BCUT2D eigenvalue weighted by molar-refractivity contribution is -0.255. The molecule has 0 saturated heterocycles. The molecule has 0 fully saturated rings. The standard InChI is InChI=1S/C18H13N5O2S2/c24-17(25)14-10-26-15(20-14)11-27-18-22-21-16(12-6-8-19-9-7-12)23(18)13-4-2-1-3-5-13/h1-10H,11H2,(H,24,25)/p-1. The summed E-state index contributed by atoms with van der Waals surface area (Å²) in [7, 11) is 0.